The van der Waals surface area contributed by atoms with Gasteiger partial charge in [0.15, 0.2) is 0 Å². The minimum Gasteiger partial charge on any atom is -0.353 e. The number of piperidine rings is 1. The fourth-order valence-corrected chi connectivity index (χ4v) is 3.34. The molecule has 2 aliphatic rings. The van der Waals surface area contributed by atoms with Gasteiger partial charge in [0, 0.05) is 12.0 Å². The summed E-state index contributed by atoms with van der Waals surface area (Å²) >= 11 is 0. The number of rotatable bonds is 4. The van der Waals surface area contributed by atoms with E-state index in [4.69, 9.17) is 0 Å². The van der Waals surface area contributed by atoms with Gasteiger partial charge in [0.1, 0.15) is 0 Å². The number of hydrogen-bond acceptors (Lipinski definition) is 2. The summed E-state index contributed by atoms with van der Waals surface area (Å²) in [7, 11) is 0. The van der Waals surface area contributed by atoms with Crippen molar-refractivity contribution in [3.8, 4) is 0 Å². The molecule has 1 saturated carbocycles. The van der Waals surface area contributed by atoms with Crippen molar-refractivity contribution in [1.29, 1.82) is 0 Å². The zero-order valence-electron chi connectivity index (χ0n) is 11.7. The minimum atomic E-state index is 0.197. The van der Waals surface area contributed by atoms with Crippen LogP contribution in [-0.2, 0) is 4.79 Å². The minimum absolute atomic E-state index is 0.197. The molecule has 1 amide bonds. The standard InChI is InChI=1S/C15H28N2O/c1-12(11-13-5-3-2-4-6-13)15(18)17-14-7-9-16-10-8-14/h12-14,16H,2-11H2,1H3,(H,17,18). The first kappa shape index (κ1) is 13.9. The summed E-state index contributed by atoms with van der Waals surface area (Å²) in [5.74, 6) is 1.28. The van der Waals surface area contributed by atoms with Crippen LogP contribution in [0.3, 0.4) is 0 Å². The maximum Gasteiger partial charge on any atom is 0.223 e. The van der Waals surface area contributed by atoms with E-state index in [-0.39, 0.29) is 11.8 Å². The molecule has 1 saturated heterocycles. The van der Waals surface area contributed by atoms with Crippen LogP contribution in [0.15, 0.2) is 0 Å². The fraction of sp³-hybridized carbons (Fsp3) is 0.933. The smallest absolute Gasteiger partial charge is 0.223 e. The number of amides is 1. The first-order valence-corrected chi connectivity index (χ1v) is 7.77. The summed E-state index contributed by atoms with van der Waals surface area (Å²) in [6.07, 6.45) is 10.1. The molecule has 0 aromatic carbocycles. The van der Waals surface area contributed by atoms with Gasteiger partial charge in [-0.15, -0.1) is 0 Å². The molecule has 104 valence electrons. The Morgan fingerprint density at radius 2 is 1.83 bits per heavy atom. The molecule has 2 rings (SSSR count). The van der Waals surface area contributed by atoms with Crippen molar-refractivity contribution in [2.24, 2.45) is 11.8 Å². The molecule has 3 heteroatoms. The molecule has 0 spiro atoms. The third-order valence-electron chi connectivity index (χ3n) is 4.54. The van der Waals surface area contributed by atoms with Gasteiger partial charge in [0.2, 0.25) is 5.91 Å². The molecule has 0 bridgehead atoms. The van der Waals surface area contributed by atoms with Gasteiger partial charge in [-0.3, -0.25) is 4.79 Å². The third-order valence-corrected chi connectivity index (χ3v) is 4.54. The average Bonchev–Trinajstić information content (AvgIpc) is 2.41. The van der Waals surface area contributed by atoms with Crippen LogP contribution < -0.4 is 10.6 Å². The topological polar surface area (TPSA) is 41.1 Å². The second kappa shape index (κ2) is 7.13. The molecular formula is C15H28N2O. The summed E-state index contributed by atoms with van der Waals surface area (Å²) in [4.78, 5) is 12.2. The Morgan fingerprint density at radius 3 is 2.50 bits per heavy atom. The van der Waals surface area contributed by atoms with E-state index in [2.05, 4.69) is 17.6 Å². The Labute approximate surface area is 111 Å². The lowest BCUT2D eigenvalue weighted by molar-refractivity contribution is -0.126. The van der Waals surface area contributed by atoms with Crippen LogP contribution in [0, 0.1) is 11.8 Å². The van der Waals surface area contributed by atoms with E-state index in [1.54, 1.807) is 0 Å². The van der Waals surface area contributed by atoms with Crippen molar-refractivity contribution < 1.29 is 4.79 Å². The normalized spacial score (nSPS) is 24.7. The van der Waals surface area contributed by atoms with E-state index in [1.807, 2.05) is 0 Å². The number of carbonyl (C=O) groups excluding carboxylic acids is 1. The monoisotopic (exact) mass is 252 g/mol. The van der Waals surface area contributed by atoms with Gasteiger partial charge >= 0.3 is 0 Å². The highest BCUT2D eigenvalue weighted by Gasteiger charge is 2.23. The fourth-order valence-electron chi connectivity index (χ4n) is 3.34. The number of nitrogens with one attached hydrogen (secondary N) is 2. The van der Waals surface area contributed by atoms with Gasteiger partial charge in [-0.25, -0.2) is 0 Å². The summed E-state index contributed by atoms with van der Waals surface area (Å²) in [5, 5.41) is 6.56. The predicted octanol–water partition coefficient (Wildman–Crippen LogP) is 2.46. The van der Waals surface area contributed by atoms with Gasteiger partial charge in [0.05, 0.1) is 0 Å². The molecule has 1 aliphatic heterocycles. The van der Waals surface area contributed by atoms with Crippen LogP contribution in [-0.4, -0.2) is 25.0 Å². The van der Waals surface area contributed by atoms with Gasteiger partial charge in [0.25, 0.3) is 0 Å². The molecule has 18 heavy (non-hydrogen) atoms. The molecule has 1 unspecified atom stereocenters. The third kappa shape index (κ3) is 4.27. The van der Waals surface area contributed by atoms with Crippen molar-refractivity contribution in [3.05, 3.63) is 0 Å². The SMILES string of the molecule is CC(CC1CCCCC1)C(=O)NC1CCNCC1. The number of carbonyl (C=O) groups is 1. The highest BCUT2D eigenvalue weighted by molar-refractivity contribution is 5.78. The van der Waals surface area contributed by atoms with Crippen LogP contribution in [0.5, 0.6) is 0 Å². The highest BCUT2D eigenvalue weighted by atomic mass is 16.1. The van der Waals surface area contributed by atoms with Crippen molar-refractivity contribution >= 4 is 5.91 Å². The maximum absolute atomic E-state index is 12.2. The Balaban J connectivity index is 1.69. The first-order chi connectivity index (χ1) is 8.75. The van der Waals surface area contributed by atoms with E-state index in [0.29, 0.717) is 6.04 Å². The predicted molar refractivity (Wildman–Crippen MR) is 74.4 cm³/mol. The van der Waals surface area contributed by atoms with Crippen LogP contribution in [0.2, 0.25) is 0 Å². The molecule has 0 radical (unpaired) electrons. The van der Waals surface area contributed by atoms with Crippen molar-refractivity contribution in [1.82, 2.24) is 10.6 Å². The van der Waals surface area contributed by atoms with Crippen molar-refractivity contribution in [2.45, 2.75) is 64.3 Å². The van der Waals surface area contributed by atoms with E-state index in [1.165, 1.54) is 32.1 Å². The average molecular weight is 252 g/mol. The summed E-state index contributed by atoms with van der Waals surface area (Å²) < 4.78 is 0. The largest absolute Gasteiger partial charge is 0.353 e. The van der Waals surface area contributed by atoms with Crippen LogP contribution in [0.1, 0.15) is 58.3 Å². The Hall–Kier alpha value is -0.570. The summed E-state index contributed by atoms with van der Waals surface area (Å²) in [6, 6.07) is 0.410. The van der Waals surface area contributed by atoms with Crippen molar-refractivity contribution in [3.63, 3.8) is 0 Å². The Bertz CT molecular complexity index is 255. The van der Waals surface area contributed by atoms with E-state index in [9.17, 15) is 4.79 Å². The molecule has 0 aromatic heterocycles. The molecule has 1 heterocycles. The first-order valence-electron chi connectivity index (χ1n) is 7.77. The van der Waals surface area contributed by atoms with Gasteiger partial charge in [-0.2, -0.15) is 0 Å². The van der Waals surface area contributed by atoms with E-state index in [0.717, 1.165) is 38.3 Å². The van der Waals surface area contributed by atoms with Crippen LogP contribution in [0.25, 0.3) is 0 Å². The molecule has 3 nitrogen and oxygen atoms in total. The van der Waals surface area contributed by atoms with Gasteiger partial charge < -0.3 is 10.6 Å². The molecule has 0 aromatic rings. The van der Waals surface area contributed by atoms with Crippen LogP contribution in [0.4, 0.5) is 0 Å². The second-order valence-electron chi connectivity index (χ2n) is 6.17. The zero-order valence-corrected chi connectivity index (χ0v) is 11.7. The van der Waals surface area contributed by atoms with Crippen molar-refractivity contribution in [2.75, 3.05) is 13.1 Å². The molecule has 2 fully saturated rings. The molecule has 1 aliphatic carbocycles. The number of hydrogen-bond donors (Lipinski definition) is 2. The zero-order chi connectivity index (χ0) is 12.8. The lowest BCUT2D eigenvalue weighted by atomic mass is 9.83. The second-order valence-corrected chi connectivity index (χ2v) is 6.17. The maximum atomic E-state index is 12.2. The molecular weight excluding hydrogens is 224 g/mol. The van der Waals surface area contributed by atoms with Gasteiger partial charge in [-0.05, 0) is 38.3 Å². The van der Waals surface area contributed by atoms with Crippen LogP contribution >= 0.6 is 0 Å². The molecule has 1 atom stereocenters. The lowest BCUT2D eigenvalue weighted by Crippen LogP contribution is -2.44. The Kier molecular flexibility index (Phi) is 5.48. The Morgan fingerprint density at radius 1 is 1.17 bits per heavy atom. The summed E-state index contributed by atoms with van der Waals surface area (Å²) in [6.45, 7) is 4.19. The van der Waals surface area contributed by atoms with E-state index < -0.39 is 0 Å². The molecule has 2 N–H and O–H groups in total. The van der Waals surface area contributed by atoms with E-state index >= 15 is 0 Å². The quantitative estimate of drug-likeness (QED) is 0.807. The summed E-state index contributed by atoms with van der Waals surface area (Å²) in [5.41, 5.74) is 0. The highest BCUT2D eigenvalue weighted by Crippen LogP contribution is 2.29. The lowest BCUT2D eigenvalue weighted by Gasteiger charge is -2.27. The van der Waals surface area contributed by atoms with Gasteiger partial charge in [-0.1, -0.05) is 39.0 Å².